The molecule has 3 aliphatic rings. The Bertz CT molecular complexity index is 1440. The zero-order valence-electron chi connectivity index (χ0n) is 24.7. The molecule has 3 aromatic rings. The predicted octanol–water partition coefficient (Wildman–Crippen LogP) is 3.34. The minimum Gasteiger partial charge on any atom is -0.493 e. The molecule has 0 radical (unpaired) electrons. The van der Waals surface area contributed by atoms with E-state index in [4.69, 9.17) is 9.47 Å². The van der Waals surface area contributed by atoms with Crippen LogP contribution in [0.25, 0.3) is 0 Å². The molecule has 2 fully saturated rings. The molecule has 42 heavy (non-hydrogen) atoms. The van der Waals surface area contributed by atoms with Crippen molar-refractivity contribution in [3.8, 4) is 17.5 Å². The molecule has 11 nitrogen and oxygen atoms in total. The van der Waals surface area contributed by atoms with Gasteiger partial charge in [-0.05, 0) is 49.7 Å². The number of nitrogens with zero attached hydrogens (tertiary/aromatic N) is 7. The number of amides is 1. The molecule has 0 saturated carbocycles. The minimum atomic E-state index is -0.730. The molecule has 1 amide bonds. The number of hydrogen-bond acceptors (Lipinski definition) is 10. The van der Waals surface area contributed by atoms with Crippen molar-refractivity contribution in [1.82, 2.24) is 24.7 Å². The highest BCUT2D eigenvalue weighted by Crippen LogP contribution is 2.40. The van der Waals surface area contributed by atoms with Crippen LogP contribution in [0.4, 0.5) is 17.2 Å². The number of para-hydroxylation sites is 1. The first-order valence-corrected chi connectivity index (χ1v) is 14.5. The van der Waals surface area contributed by atoms with Crippen molar-refractivity contribution in [3.63, 3.8) is 0 Å². The van der Waals surface area contributed by atoms with Crippen molar-refractivity contribution in [2.24, 2.45) is 0 Å². The molecule has 11 heteroatoms. The Labute approximate surface area is 246 Å². The summed E-state index contributed by atoms with van der Waals surface area (Å²) in [5, 5.41) is 11.2. The van der Waals surface area contributed by atoms with Crippen LogP contribution in [0.2, 0.25) is 0 Å². The topological polar surface area (TPSA) is 97.7 Å². The molecule has 1 aromatic heterocycles. The van der Waals surface area contributed by atoms with Crippen molar-refractivity contribution < 1.29 is 19.4 Å². The van der Waals surface area contributed by atoms with E-state index in [-0.39, 0.29) is 11.9 Å². The first-order chi connectivity index (χ1) is 20.3. The third kappa shape index (κ3) is 5.40. The molecule has 222 valence electrons. The fourth-order valence-electron chi connectivity index (χ4n) is 6.16. The number of anilines is 3. The van der Waals surface area contributed by atoms with Gasteiger partial charge in [0, 0.05) is 59.4 Å². The van der Waals surface area contributed by atoms with E-state index in [0.717, 1.165) is 63.4 Å². The number of piperazine rings is 1. The van der Waals surface area contributed by atoms with Gasteiger partial charge in [0.25, 0.3) is 5.91 Å². The number of rotatable bonds is 6. The molecule has 2 saturated heterocycles. The normalized spacial score (nSPS) is 19.7. The number of ether oxygens (including phenoxy) is 2. The van der Waals surface area contributed by atoms with Crippen LogP contribution in [-0.2, 0) is 0 Å². The summed E-state index contributed by atoms with van der Waals surface area (Å²) in [4.78, 5) is 32.7. The van der Waals surface area contributed by atoms with Crippen LogP contribution in [0, 0.1) is 0 Å². The summed E-state index contributed by atoms with van der Waals surface area (Å²) in [6, 6.07) is 13.6. The lowest BCUT2D eigenvalue weighted by Gasteiger charge is -2.43. The molecule has 1 N–H and O–H groups in total. The van der Waals surface area contributed by atoms with Crippen LogP contribution in [0.3, 0.4) is 0 Å². The number of likely N-dealkylation sites (N-methyl/N-ethyl adjacent to an activating group) is 1. The third-order valence-corrected chi connectivity index (χ3v) is 8.79. The summed E-state index contributed by atoms with van der Waals surface area (Å²) in [6.07, 6.45) is 2.96. The highest BCUT2D eigenvalue weighted by Gasteiger charge is 2.31. The second kappa shape index (κ2) is 11.8. The minimum absolute atomic E-state index is 0.124. The molecular weight excluding hydrogens is 534 g/mol. The fraction of sp³-hybridized carbons (Fsp3) is 0.452. The Morgan fingerprint density at radius 2 is 1.64 bits per heavy atom. The summed E-state index contributed by atoms with van der Waals surface area (Å²) < 4.78 is 11.7. The largest absolute Gasteiger partial charge is 0.493 e. The number of piperidine rings is 1. The van der Waals surface area contributed by atoms with Crippen molar-refractivity contribution in [3.05, 3.63) is 59.8 Å². The molecule has 4 heterocycles. The maximum Gasteiger partial charge on any atom is 0.324 e. The average molecular weight is 574 g/mol. The van der Waals surface area contributed by atoms with Crippen molar-refractivity contribution in [1.29, 1.82) is 0 Å². The smallest absolute Gasteiger partial charge is 0.324 e. The number of methoxy groups -OCH3 is 1. The van der Waals surface area contributed by atoms with Gasteiger partial charge in [0.1, 0.15) is 11.9 Å². The number of fused-ring (bicyclic) bond motifs is 2. The van der Waals surface area contributed by atoms with E-state index < -0.39 is 6.23 Å². The first kappa shape index (κ1) is 28.4. The Morgan fingerprint density at radius 1 is 0.905 bits per heavy atom. The molecule has 0 bridgehead atoms. The lowest BCUT2D eigenvalue weighted by Crippen LogP contribution is -2.52. The number of hydrogen-bond donors (Lipinski definition) is 1. The number of benzene rings is 2. The van der Waals surface area contributed by atoms with E-state index in [1.165, 1.54) is 0 Å². The second-order valence-electron chi connectivity index (χ2n) is 11.3. The molecule has 0 spiro atoms. The fourth-order valence-corrected chi connectivity index (χ4v) is 6.16. The van der Waals surface area contributed by atoms with Gasteiger partial charge < -0.3 is 29.3 Å². The van der Waals surface area contributed by atoms with Crippen LogP contribution in [-0.4, -0.2) is 109 Å². The maximum absolute atomic E-state index is 13.1. The van der Waals surface area contributed by atoms with Crippen molar-refractivity contribution in [2.75, 3.05) is 77.3 Å². The van der Waals surface area contributed by atoms with Crippen LogP contribution in [0.5, 0.6) is 17.5 Å². The standard InChI is InChI=1S/C31H39N7O4/c1-34-15-17-37(18-16-34)22-11-13-38(14-12-22)29(39)21-9-10-26(27(19-21)41-4)42-31-32-20-25-28(33-31)35(2)24-8-6-5-7-23(24)30(40)36(25)3/h5-10,19-20,22,29,39H,11-18H2,1-4H3. The predicted molar refractivity (Wildman–Crippen MR) is 161 cm³/mol. The molecule has 0 aliphatic carbocycles. The van der Waals surface area contributed by atoms with Crippen molar-refractivity contribution in [2.45, 2.75) is 25.1 Å². The molecule has 6 rings (SSSR count). The SMILES string of the molecule is COc1cc(C(O)N2CCC(N3CCN(C)CC3)CC2)ccc1Oc1ncc2c(n1)N(C)c1ccccc1C(=O)N2C. The Kier molecular flexibility index (Phi) is 8.00. The van der Waals surface area contributed by atoms with E-state index in [2.05, 4.69) is 31.7 Å². The number of carbonyl (C=O) groups excluding carboxylic acids is 1. The van der Waals surface area contributed by atoms with Crippen LogP contribution in [0.15, 0.2) is 48.7 Å². The van der Waals surface area contributed by atoms with Gasteiger partial charge in [-0.2, -0.15) is 4.98 Å². The van der Waals surface area contributed by atoms with Crippen LogP contribution < -0.4 is 19.3 Å². The number of likely N-dealkylation sites (tertiary alicyclic amines) is 1. The maximum atomic E-state index is 13.1. The summed E-state index contributed by atoms with van der Waals surface area (Å²) in [5.41, 5.74) is 2.66. The van der Waals surface area contributed by atoms with Gasteiger partial charge in [0.05, 0.1) is 24.6 Å². The summed E-state index contributed by atoms with van der Waals surface area (Å²) in [7, 11) is 7.33. The highest BCUT2D eigenvalue weighted by atomic mass is 16.5. The van der Waals surface area contributed by atoms with E-state index >= 15 is 0 Å². The molecule has 1 atom stereocenters. The van der Waals surface area contributed by atoms with E-state index in [0.29, 0.717) is 34.6 Å². The molecular formula is C31H39N7O4. The molecule has 3 aliphatic heterocycles. The van der Waals surface area contributed by atoms with Gasteiger partial charge >= 0.3 is 6.01 Å². The first-order valence-electron chi connectivity index (χ1n) is 14.5. The average Bonchev–Trinajstić information content (AvgIpc) is 3.10. The van der Waals surface area contributed by atoms with Gasteiger partial charge in [-0.3, -0.25) is 14.6 Å². The van der Waals surface area contributed by atoms with Gasteiger partial charge in [-0.25, -0.2) is 4.98 Å². The quantitative estimate of drug-likeness (QED) is 0.473. The van der Waals surface area contributed by atoms with Crippen LogP contribution >= 0.6 is 0 Å². The molecule has 1 unspecified atom stereocenters. The zero-order valence-corrected chi connectivity index (χ0v) is 24.7. The van der Waals surface area contributed by atoms with Gasteiger partial charge in [-0.15, -0.1) is 0 Å². The summed E-state index contributed by atoms with van der Waals surface area (Å²) in [6.45, 7) is 6.16. The third-order valence-electron chi connectivity index (χ3n) is 8.79. The van der Waals surface area contributed by atoms with Gasteiger partial charge in [-0.1, -0.05) is 18.2 Å². The number of aliphatic hydroxyl groups is 1. The Hall–Kier alpha value is -3.77. The summed E-state index contributed by atoms with van der Waals surface area (Å²) >= 11 is 0. The number of aliphatic hydroxyl groups excluding tert-OH is 1. The summed E-state index contributed by atoms with van der Waals surface area (Å²) in [5.74, 6) is 1.33. The Balaban J connectivity index is 1.16. The van der Waals surface area contributed by atoms with Gasteiger partial charge in [0.2, 0.25) is 0 Å². The Morgan fingerprint density at radius 3 is 2.38 bits per heavy atom. The second-order valence-corrected chi connectivity index (χ2v) is 11.3. The van der Waals surface area contributed by atoms with Crippen LogP contribution in [0.1, 0.15) is 35.0 Å². The lowest BCUT2D eigenvalue weighted by molar-refractivity contribution is -0.0306. The van der Waals surface area contributed by atoms with E-state index in [1.807, 2.05) is 42.3 Å². The highest BCUT2D eigenvalue weighted by molar-refractivity contribution is 6.13. The number of carbonyl (C=O) groups is 1. The lowest BCUT2D eigenvalue weighted by atomic mass is 10.0. The van der Waals surface area contributed by atoms with Gasteiger partial charge in [0.15, 0.2) is 17.3 Å². The zero-order chi connectivity index (χ0) is 29.4. The van der Waals surface area contributed by atoms with E-state index in [1.54, 1.807) is 37.4 Å². The monoisotopic (exact) mass is 573 g/mol. The number of aromatic nitrogens is 2. The molecule has 2 aromatic carbocycles. The van der Waals surface area contributed by atoms with E-state index in [9.17, 15) is 9.90 Å². The van der Waals surface area contributed by atoms with Crippen molar-refractivity contribution >= 4 is 23.1 Å².